The Morgan fingerprint density at radius 2 is 1.54 bits per heavy atom. The van der Waals surface area contributed by atoms with Gasteiger partial charge in [0.1, 0.15) is 0 Å². The molecule has 1 atom stereocenters. The zero-order chi connectivity index (χ0) is 19.8. The predicted molar refractivity (Wildman–Crippen MR) is 127 cm³/mol. The van der Waals surface area contributed by atoms with E-state index in [1.807, 2.05) is 0 Å². The fourth-order valence-electron chi connectivity index (χ4n) is 3.97. The number of aliphatic imine (C=N–C) groups is 1. The summed E-state index contributed by atoms with van der Waals surface area (Å²) in [6.45, 7) is 19.5. The fourth-order valence-corrected chi connectivity index (χ4v) is 15.4. The number of unbranched alkanes of at least 4 members (excludes halogenated alkanes) is 1. The zero-order valence-corrected chi connectivity index (χ0v) is 20.5. The standard InChI is InChI=1S/C23H41NSi2/c1-9-11-17-21(10-2)22(18-20-15-13-12-14-16-20)19-24-23(25(3,4)5)26(6,7)8/h12-16,18-19,21,23H,9-11,17H2,1-8H3/b22-18-,24-19+. The third kappa shape index (κ3) is 7.75. The summed E-state index contributed by atoms with van der Waals surface area (Å²) in [6.07, 6.45) is 9.65. The van der Waals surface area contributed by atoms with E-state index >= 15 is 0 Å². The van der Waals surface area contributed by atoms with Gasteiger partial charge in [0, 0.05) is 11.5 Å². The van der Waals surface area contributed by atoms with Crippen LogP contribution in [0.5, 0.6) is 0 Å². The van der Waals surface area contributed by atoms with Crippen molar-refractivity contribution in [1.82, 2.24) is 0 Å². The molecule has 0 saturated carbocycles. The second-order valence-corrected chi connectivity index (χ2v) is 20.9. The van der Waals surface area contributed by atoms with Crippen molar-refractivity contribution in [3.05, 3.63) is 41.5 Å². The summed E-state index contributed by atoms with van der Waals surface area (Å²) >= 11 is 0. The molecule has 1 nitrogen and oxygen atoms in total. The van der Waals surface area contributed by atoms with Gasteiger partial charge >= 0.3 is 0 Å². The monoisotopic (exact) mass is 387 g/mol. The van der Waals surface area contributed by atoms with Crippen LogP contribution >= 0.6 is 0 Å². The Morgan fingerprint density at radius 1 is 0.962 bits per heavy atom. The number of benzene rings is 1. The molecule has 26 heavy (non-hydrogen) atoms. The maximum absolute atomic E-state index is 5.27. The molecule has 0 aromatic heterocycles. The van der Waals surface area contributed by atoms with Gasteiger partial charge in [-0.25, -0.2) is 0 Å². The summed E-state index contributed by atoms with van der Waals surface area (Å²) < 4.78 is 0. The normalized spacial score (nSPS) is 15.0. The van der Waals surface area contributed by atoms with Crippen LogP contribution in [-0.4, -0.2) is 27.7 Å². The van der Waals surface area contributed by atoms with E-state index in [0.29, 0.717) is 11.2 Å². The van der Waals surface area contributed by atoms with Gasteiger partial charge in [0.05, 0.1) is 16.1 Å². The summed E-state index contributed by atoms with van der Waals surface area (Å²) in [5.41, 5.74) is 2.72. The van der Waals surface area contributed by atoms with Crippen molar-refractivity contribution in [3.8, 4) is 0 Å². The number of nitrogens with zero attached hydrogens (tertiary/aromatic N) is 1. The van der Waals surface area contributed by atoms with Gasteiger partial charge in [-0.2, -0.15) is 0 Å². The molecular formula is C23H41NSi2. The van der Waals surface area contributed by atoms with Crippen LogP contribution in [0.1, 0.15) is 45.1 Å². The highest BCUT2D eigenvalue weighted by Gasteiger charge is 2.37. The number of rotatable bonds is 10. The van der Waals surface area contributed by atoms with Gasteiger partial charge in [-0.15, -0.1) is 0 Å². The van der Waals surface area contributed by atoms with E-state index in [1.54, 1.807) is 0 Å². The molecule has 0 aliphatic carbocycles. The highest BCUT2D eigenvalue weighted by atomic mass is 28.4. The third-order valence-electron chi connectivity index (χ3n) is 5.02. The zero-order valence-electron chi connectivity index (χ0n) is 18.5. The van der Waals surface area contributed by atoms with Crippen LogP contribution in [0.2, 0.25) is 39.3 Å². The van der Waals surface area contributed by atoms with Crippen LogP contribution in [0.4, 0.5) is 0 Å². The summed E-state index contributed by atoms with van der Waals surface area (Å²) in [4.78, 5) is 5.27. The Hall–Kier alpha value is -0.936. The van der Waals surface area contributed by atoms with E-state index < -0.39 is 16.1 Å². The van der Waals surface area contributed by atoms with E-state index in [9.17, 15) is 0 Å². The smallest absolute Gasteiger partial charge is 0.0693 e. The van der Waals surface area contributed by atoms with Crippen LogP contribution in [0.15, 0.2) is 40.9 Å². The number of hydrogen-bond acceptors (Lipinski definition) is 1. The van der Waals surface area contributed by atoms with E-state index in [0.717, 1.165) is 0 Å². The lowest BCUT2D eigenvalue weighted by atomic mass is 9.90. The van der Waals surface area contributed by atoms with Gasteiger partial charge < -0.3 is 0 Å². The first-order valence-corrected chi connectivity index (χ1v) is 17.5. The lowest BCUT2D eigenvalue weighted by molar-refractivity contribution is 0.531. The van der Waals surface area contributed by atoms with E-state index in [1.165, 1.54) is 36.8 Å². The van der Waals surface area contributed by atoms with Gasteiger partial charge in [0.15, 0.2) is 0 Å². The van der Waals surface area contributed by atoms with E-state index in [4.69, 9.17) is 4.99 Å². The highest BCUT2D eigenvalue weighted by molar-refractivity contribution is 6.96. The minimum atomic E-state index is -1.31. The molecule has 0 aliphatic heterocycles. The van der Waals surface area contributed by atoms with Crippen molar-refractivity contribution in [2.24, 2.45) is 10.9 Å². The molecule has 0 amide bonds. The van der Waals surface area contributed by atoms with Crippen molar-refractivity contribution in [3.63, 3.8) is 0 Å². The van der Waals surface area contributed by atoms with Crippen LogP contribution in [-0.2, 0) is 0 Å². The van der Waals surface area contributed by atoms with Gasteiger partial charge in [0.25, 0.3) is 0 Å². The molecule has 0 spiro atoms. The molecule has 1 unspecified atom stereocenters. The minimum absolute atomic E-state index is 0.567. The minimum Gasteiger partial charge on any atom is -0.296 e. The Morgan fingerprint density at radius 3 is 2.00 bits per heavy atom. The Bertz CT molecular complexity index is 562. The summed E-state index contributed by atoms with van der Waals surface area (Å²) in [6, 6.07) is 10.7. The fraction of sp³-hybridized carbons (Fsp3) is 0.609. The molecule has 0 saturated heterocycles. The molecule has 146 valence electrons. The maximum Gasteiger partial charge on any atom is 0.0693 e. The molecule has 0 fully saturated rings. The quantitative estimate of drug-likeness (QED) is 0.291. The summed E-state index contributed by atoms with van der Waals surface area (Å²) in [5.74, 6) is 0.614. The molecule has 0 heterocycles. The third-order valence-corrected chi connectivity index (χ3v) is 13.8. The van der Waals surface area contributed by atoms with Gasteiger partial charge in [-0.1, -0.05) is 96.3 Å². The Balaban J connectivity index is 3.25. The summed E-state index contributed by atoms with van der Waals surface area (Å²) in [7, 11) is -2.63. The molecular weight excluding hydrogens is 346 g/mol. The second-order valence-electron chi connectivity index (χ2n) is 9.72. The molecule has 1 aromatic carbocycles. The van der Waals surface area contributed by atoms with Crippen LogP contribution in [0.3, 0.4) is 0 Å². The van der Waals surface area contributed by atoms with Crippen molar-refractivity contribution < 1.29 is 0 Å². The molecule has 1 aromatic rings. The van der Waals surface area contributed by atoms with Crippen LogP contribution < -0.4 is 0 Å². The predicted octanol–water partition coefficient (Wildman–Crippen LogP) is 7.48. The molecule has 1 rings (SSSR count). The van der Waals surface area contributed by atoms with E-state index in [-0.39, 0.29) is 0 Å². The lowest BCUT2D eigenvalue weighted by Gasteiger charge is -2.35. The molecule has 0 aliphatic rings. The molecule has 0 bridgehead atoms. The summed E-state index contributed by atoms with van der Waals surface area (Å²) in [5, 5.41) is 0.567. The Labute approximate surface area is 165 Å². The van der Waals surface area contributed by atoms with Crippen molar-refractivity contribution in [1.29, 1.82) is 0 Å². The molecule has 3 heteroatoms. The topological polar surface area (TPSA) is 12.4 Å². The van der Waals surface area contributed by atoms with Crippen molar-refractivity contribution in [2.45, 2.75) is 84.1 Å². The van der Waals surface area contributed by atoms with E-state index in [2.05, 4.69) is 95.8 Å². The van der Waals surface area contributed by atoms with Gasteiger partial charge in [-0.05, 0) is 36.0 Å². The van der Waals surface area contributed by atoms with Crippen molar-refractivity contribution in [2.75, 3.05) is 0 Å². The van der Waals surface area contributed by atoms with Gasteiger partial charge in [0.2, 0.25) is 0 Å². The molecule has 0 N–H and O–H groups in total. The average molecular weight is 388 g/mol. The van der Waals surface area contributed by atoms with Gasteiger partial charge in [-0.3, -0.25) is 4.99 Å². The lowest BCUT2D eigenvalue weighted by Crippen LogP contribution is -2.52. The highest BCUT2D eigenvalue weighted by Crippen LogP contribution is 2.26. The first kappa shape index (κ1) is 23.1. The average Bonchev–Trinajstić information content (AvgIpc) is 2.53. The number of allylic oxidation sites excluding steroid dienone is 1. The second kappa shape index (κ2) is 10.4. The maximum atomic E-state index is 5.27. The number of hydrogen-bond donors (Lipinski definition) is 0. The first-order chi connectivity index (χ1) is 12.1. The SMILES string of the molecule is CCCCC(CC)C(/C=N/C([Si](C)(C)C)[Si](C)(C)C)=C\c1ccccc1. The van der Waals surface area contributed by atoms with Crippen LogP contribution in [0.25, 0.3) is 6.08 Å². The Kier molecular flexibility index (Phi) is 9.25. The van der Waals surface area contributed by atoms with Crippen molar-refractivity contribution >= 4 is 28.4 Å². The van der Waals surface area contributed by atoms with Crippen LogP contribution in [0, 0.1) is 5.92 Å². The largest absolute Gasteiger partial charge is 0.296 e. The molecule has 0 radical (unpaired) electrons. The first-order valence-electron chi connectivity index (χ1n) is 10.4.